The summed E-state index contributed by atoms with van der Waals surface area (Å²) in [4.78, 5) is 40.3. The van der Waals surface area contributed by atoms with Crippen LogP contribution in [0.4, 0.5) is 0 Å². The summed E-state index contributed by atoms with van der Waals surface area (Å²) in [6.45, 7) is 1.24. The lowest BCUT2D eigenvalue weighted by Gasteiger charge is -2.13. The highest BCUT2D eigenvalue weighted by molar-refractivity contribution is 6.29. The van der Waals surface area contributed by atoms with E-state index in [9.17, 15) is 19.5 Å². The molecule has 0 bridgehead atoms. The number of pyridine rings is 1. The first-order valence-corrected chi connectivity index (χ1v) is 6.52. The van der Waals surface area contributed by atoms with Gasteiger partial charge in [-0.2, -0.15) is 0 Å². The van der Waals surface area contributed by atoms with Crippen molar-refractivity contribution in [2.45, 2.75) is 13.3 Å². The molecule has 0 radical (unpaired) electrons. The first-order valence-electron chi connectivity index (χ1n) is 6.52. The topological polar surface area (TPSA) is 118 Å². The summed E-state index contributed by atoms with van der Waals surface area (Å²) in [5.41, 5.74) is -0.149. The number of carboxylic acid groups (broad SMARTS) is 1. The van der Waals surface area contributed by atoms with Gasteiger partial charge in [-0.05, 0) is 19.1 Å². The summed E-state index contributed by atoms with van der Waals surface area (Å²) >= 11 is 0. The molecule has 0 unspecified atom stereocenters. The number of fused-ring (bicyclic) bond motifs is 2. The average Bonchev–Trinajstić information content (AvgIpc) is 2.83. The van der Waals surface area contributed by atoms with Crippen molar-refractivity contribution >= 4 is 17.5 Å². The molecule has 1 aliphatic rings. The van der Waals surface area contributed by atoms with Crippen molar-refractivity contribution in [1.82, 2.24) is 4.98 Å². The van der Waals surface area contributed by atoms with Crippen LogP contribution in [-0.4, -0.2) is 39.3 Å². The SMILES string of the molecule is Cc1oc2c(c1C(=O)O)C(=O)c1nc(CCO)ccc1C2=O. The molecule has 7 nitrogen and oxygen atoms in total. The number of aromatic carboxylic acids is 1. The van der Waals surface area contributed by atoms with E-state index in [0.29, 0.717) is 5.69 Å². The second-order valence-electron chi connectivity index (χ2n) is 4.87. The first kappa shape index (κ1) is 14.2. The number of carboxylic acids is 1. The number of hydrogen-bond acceptors (Lipinski definition) is 6. The van der Waals surface area contributed by atoms with Gasteiger partial charge in [-0.1, -0.05) is 0 Å². The third-order valence-electron chi connectivity index (χ3n) is 3.51. The number of aromatic nitrogens is 1. The summed E-state index contributed by atoms with van der Waals surface area (Å²) in [5.74, 6) is -2.81. The van der Waals surface area contributed by atoms with E-state index in [-0.39, 0.29) is 46.9 Å². The van der Waals surface area contributed by atoms with E-state index in [1.54, 1.807) is 6.07 Å². The predicted octanol–water partition coefficient (Wildman–Crippen LogP) is 0.991. The quantitative estimate of drug-likeness (QED) is 0.740. The fraction of sp³-hybridized carbons (Fsp3) is 0.200. The lowest BCUT2D eigenvalue weighted by atomic mass is 9.89. The highest BCUT2D eigenvalue weighted by Gasteiger charge is 2.39. The minimum atomic E-state index is -1.33. The molecular weight excluding hydrogens is 290 g/mol. The number of aliphatic hydroxyl groups excluding tert-OH is 1. The van der Waals surface area contributed by atoms with Gasteiger partial charge in [0.25, 0.3) is 0 Å². The number of furan rings is 1. The normalized spacial score (nSPS) is 13.0. The number of aryl methyl sites for hydroxylation is 1. The number of ketones is 2. The van der Waals surface area contributed by atoms with Crippen molar-refractivity contribution in [3.63, 3.8) is 0 Å². The summed E-state index contributed by atoms with van der Waals surface area (Å²) in [7, 11) is 0. The molecule has 0 aromatic carbocycles. The zero-order valence-electron chi connectivity index (χ0n) is 11.5. The largest absolute Gasteiger partial charge is 0.478 e. The van der Waals surface area contributed by atoms with Crippen LogP contribution in [0.25, 0.3) is 0 Å². The fourth-order valence-corrected chi connectivity index (χ4v) is 2.53. The molecule has 7 heteroatoms. The standard InChI is InChI=1S/C15H11NO6/c1-6-9(15(20)21)10-13(19)11-8(12(18)14(10)22-6)3-2-7(16-11)4-5-17/h2-3,17H,4-5H2,1H3,(H,20,21). The molecule has 2 aromatic heterocycles. The van der Waals surface area contributed by atoms with Crippen LogP contribution in [-0.2, 0) is 6.42 Å². The number of hydrogen-bond donors (Lipinski definition) is 2. The molecule has 0 saturated carbocycles. The van der Waals surface area contributed by atoms with Crippen molar-refractivity contribution < 1.29 is 29.0 Å². The van der Waals surface area contributed by atoms with Crippen molar-refractivity contribution in [3.05, 3.63) is 51.7 Å². The van der Waals surface area contributed by atoms with Gasteiger partial charge in [0.2, 0.25) is 11.6 Å². The van der Waals surface area contributed by atoms with Gasteiger partial charge in [-0.3, -0.25) is 9.59 Å². The molecule has 0 aliphatic heterocycles. The Morgan fingerprint density at radius 2 is 2.00 bits per heavy atom. The molecule has 0 atom stereocenters. The Balaban J connectivity index is 2.24. The Kier molecular flexibility index (Phi) is 3.14. The fourth-order valence-electron chi connectivity index (χ4n) is 2.53. The Morgan fingerprint density at radius 1 is 1.27 bits per heavy atom. The molecule has 22 heavy (non-hydrogen) atoms. The third-order valence-corrected chi connectivity index (χ3v) is 3.51. The van der Waals surface area contributed by atoms with Gasteiger partial charge in [-0.15, -0.1) is 0 Å². The van der Waals surface area contributed by atoms with Crippen LogP contribution >= 0.6 is 0 Å². The van der Waals surface area contributed by atoms with E-state index in [1.807, 2.05) is 0 Å². The summed E-state index contributed by atoms with van der Waals surface area (Å²) in [6, 6.07) is 2.98. The summed E-state index contributed by atoms with van der Waals surface area (Å²) in [6.07, 6.45) is 0.234. The molecule has 112 valence electrons. The highest BCUT2D eigenvalue weighted by atomic mass is 16.4. The minimum absolute atomic E-state index is 0.00240. The maximum Gasteiger partial charge on any atom is 0.340 e. The van der Waals surface area contributed by atoms with Crippen LogP contribution in [0.5, 0.6) is 0 Å². The predicted molar refractivity (Wildman–Crippen MR) is 72.3 cm³/mol. The molecular formula is C15H11NO6. The molecule has 0 saturated heterocycles. The Morgan fingerprint density at radius 3 is 2.64 bits per heavy atom. The van der Waals surface area contributed by atoms with Crippen LogP contribution in [0.1, 0.15) is 54.0 Å². The van der Waals surface area contributed by atoms with Crippen molar-refractivity contribution in [3.8, 4) is 0 Å². The van der Waals surface area contributed by atoms with Crippen molar-refractivity contribution in [1.29, 1.82) is 0 Å². The monoisotopic (exact) mass is 301 g/mol. The molecule has 2 heterocycles. The van der Waals surface area contributed by atoms with E-state index in [0.717, 1.165) is 0 Å². The highest BCUT2D eigenvalue weighted by Crippen LogP contribution is 2.32. The van der Waals surface area contributed by atoms with Crippen LogP contribution in [0.2, 0.25) is 0 Å². The summed E-state index contributed by atoms with van der Waals surface area (Å²) < 4.78 is 5.20. The van der Waals surface area contributed by atoms with Gasteiger partial charge < -0.3 is 14.6 Å². The smallest absolute Gasteiger partial charge is 0.340 e. The minimum Gasteiger partial charge on any atom is -0.478 e. The molecule has 2 N–H and O–H groups in total. The molecule has 0 fully saturated rings. The van der Waals surface area contributed by atoms with E-state index in [1.165, 1.54) is 13.0 Å². The summed E-state index contributed by atoms with van der Waals surface area (Å²) in [5, 5.41) is 18.2. The molecule has 3 rings (SSSR count). The second kappa shape index (κ2) is 4.88. The van der Waals surface area contributed by atoms with Gasteiger partial charge in [0.15, 0.2) is 5.76 Å². The Hall–Kier alpha value is -2.80. The molecule has 1 aliphatic carbocycles. The van der Waals surface area contributed by atoms with E-state index < -0.39 is 17.5 Å². The van der Waals surface area contributed by atoms with Crippen LogP contribution in [0.15, 0.2) is 16.5 Å². The van der Waals surface area contributed by atoms with Gasteiger partial charge in [0.1, 0.15) is 17.0 Å². The molecule has 0 spiro atoms. The van der Waals surface area contributed by atoms with E-state index >= 15 is 0 Å². The van der Waals surface area contributed by atoms with Crippen LogP contribution in [0, 0.1) is 6.92 Å². The number of nitrogens with zero attached hydrogens (tertiary/aromatic N) is 1. The Bertz CT molecular complexity index is 833. The zero-order valence-corrected chi connectivity index (χ0v) is 11.5. The molecule has 2 aromatic rings. The number of carbonyl (C=O) groups excluding carboxylic acids is 2. The van der Waals surface area contributed by atoms with E-state index in [2.05, 4.69) is 4.98 Å². The number of rotatable bonds is 3. The van der Waals surface area contributed by atoms with Gasteiger partial charge in [0, 0.05) is 18.7 Å². The lowest BCUT2D eigenvalue weighted by Crippen LogP contribution is -2.23. The van der Waals surface area contributed by atoms with Crippen LogP contribution < -0.4 is 0 Å². The van der Waals surface area contributed by atoms with Gasteiger partial charge >= 0.3 is 5.97 Å². The lowest BCUT2D eigenvalue weighted by molar-refractivity contribution is 0.0691. The van der Waals surface area contributed by atoms with Crippen molar-refractivity contribution in [2.75, 3.05) is 6.61 Å². The zero-order chi connectivity index (χ0) is 16.0. The third kappa shape index (κ3) is 1.86. The maximum absolute atomic E-state index is 12.5. The second-order valence-corrected chi connectivity index (χ2v) is 4.87. The Labute approximate surface area is 124 Å². The van der Waals surface area contributed by atoms with Gasteiger partial charge in [-0.25, -0.2) is 9.78 Å². The average molecular weight is 301 g/mol. The maximum atomic E-state index is 12.5. The van der Waals surface area contributed by atoms with E-state index in [4.69, 9.17) is 9.52 Å². The number of aliphatic hydroxyl groups is 1. The van der Waals surface area contributed by atoms with Gasteiger partial charge in [0.05, 0.1) is 11.1 Å². The van der Waals surface area contributed by atoms with Crippen molar-refractivity contribution in [2.24, 2.45) is 0 Å². The first-order chi connectivity index (χ1) is 10.5. The molecule has 0 amide bonds. The number of carbonyl (C=O) groups is 3. The van der Waals surface area contributed by atoms with Crippen LogP contribution in [0.3, 0.4) is 0 Å².